The van der Waals surface area contributed by atoms with Gasteiger partial charge in [-0.1, -0.05) is 12.1 Å². The van der Waals surface area contributed by atoms with E-state index in [1.54, 1.807) is 24.3 Å². The molecular weight excluding hydrogens is 311 g/mol. The predicted octanol–water partition coefficient (Wildman–Crippen LogP) is 1.24. The van der Waals surface area contributed by atoms with E-state index in [4.69, 9.17) is 5.73 Å². The molecule has 1 saturated heterocycles. The van der Waals surface area contributed by atoms with Crippen molar-refractivity contribution in [2.45, 2.75) is 6.42 Å². The predicted molar refractivity (Wildman–Crippen MR) is 85.7 cm³/mol. The molecule has 0 aliphatic carbocycles. The molecule has 0 spiro atoms. The molecule has 2 N–H and O–H groups in total. The molecule has 1 fully saturated rings. The number of hydrogen-bond acceptors (Lipinski definition) is 5. The van der Waals surface area contributed by atoms with Gasteiger partial charge in [-0.2, -0.15) is 4.52 Å². The first-order valence-corrected chi connectivity index (χ1v) is 7.65. The number of anilines is 1. The molecule has 7 nitrogen and oxygen atoms in total. The van der Waals surface area contributed by atoms with Crippen LogP contribution in [0.25, 0.3) is 17.0 Å². The fourth-order valence-electron chi connectivity index (χ4n) is 2.96. The van der Waals surface area contributed by atoms with Crippen LogP contribution in [0, 0.1) is 11.7 Å². The molecular formula is C16H15FN6O. The lowest BCUT2D eigenvalue weighted by Crippen LogP contribution is -2.28. The summed E-state index contributed by atoms with van der Waals surface area (Å²) in [5.74, 6) is 0.178. The Kier molecular flexibility index (Phi) is 3.37. The van der Waals surface area contributed by atoms with Crippen LogP contribution in [-0.4, -0.2) is 38.8 Å². The number of carbonyl (C=O) groups is 1. The minimum absolute atomic E-state index is 0.172. The molecule has 1 aliphatic heterocycles. The fraction of sp³-hybridized carbons (Fsp3) is 0.250. The number of primary amides is 1. The average Bonchev–Trinajstić information content (AvgIpc) is 3.22. The van der Waals surface area contributed by atoms with Crippen LogP contribution in [0.5, 0.6) is 0 Å². The molecule has 2 aromatic heterocycles. The Bertz CT molecular complexity index is 924. The summed E-state index contributed by atoms with van der Waals surface area (Å²) in [6.07, 6.45) is 0.706. The maximum absolute atomic E-state index is 14.1. The van der Waals surface area contributed by atoms with E-state index in [9.17, 15) is 9.18 Å². The molecule has 0 bridgehead atoms. The largest absolute Gasteiger partial charge is 0.369 e. The third-order valence-electron chi connectivity index (χ3n) is 4.28. The summed E-state index contributed by atoms with van der Waals surface area (Å²) in [5.41, 5.74) is 6.25. The van der Waals surface area contributed by atoms with Crippen molar-refractivity contribution in [2.75, 3.05) is 18.0 Å². The van der Waals surface area contributed by atoms with E-state index in [1.807, 2.05) is 11.0 Å². The van der Waals surface area contributed by atoms with Crippen LogP contribution in [0.4, 0.5) is 10.2 Å². The number of benzene rings is 1. The molecule has 0 saturated carbocycles. The summed E-state index contributed by atoms with van der Waals surface area (Å²) in [4.78, 5) is 13.3. The monoisotopic (exact) mass is 326 g/mol. The van der Waals surface area contributed by atoms with Crippen molar-refractivity contribution >= 4 is 17.4 Å². The summed E-state index contributed by atoms with van der Waals surface area (Å²) in [5, 5.41) is 12.6. The molecule has 4 rings (SSSR count). The summed E-state index contributed by atoms with van der Waals surface area (Å²) in [7, 11) is 0. The normalized spacial score (nSPS) is 17.5. The van der Waals surface area contributed by atoms with Crippen LogP contribution in [0.3, 0.4) is 0 Å². The van der Waals surface area contributed by atoms with E-state index in [0.717, 1.165) is 0 Å². The van der Waals surface area contributed by atoms with Crippen molar-refractivity contribution in [3.05, 3.63) is 42.2 Å². The van der Waals surface area contributed by atoms with E-state index in [0.29, 0.717) is 42.4 Å². The van der Waals surface area contributed by atoms with Crippen LogP contribution in [-0.2, 0) is 4.79 Å². The zero-order valence-electron chi connectivity index (χ0n) is 12.8. The standard InChI is InChI=1S/C16H15FN6O/c17-12-4-2-1-3-11(12)16-20-19-13-5-6-14(21-23(13)16)22-8-7-10(9-22)15(18)24/h1-6,10H,7-9H2,(H2,18,24)/t10-/m0/s1. The van der Waals surface area contributed by atoms with Gasteiger partial charge in [0.2, 0.25) is 5.91 Å². The van der Waals surface area contributed by atoms with Crippen LogP contribution < -0.4 is 10.6 Å². The average molecular weight is 326 g/mol. The number of halogens is 1. The number of amides is 1. The highest BCUT2D eigenvalue weighted by atomic mass is 19.1. The second-order valence-corrected chi connectivity index (χ2v) is 5.80. The SMILES string of the molecule is NC(=O)[C@H]1CCN(c2ccc3nnc(-c4ccccc4F)n3n2)C1. The molecule has 122 valence electrons. The number of nitrogens with zero attached hydrogens (tertiary/aromatic N) is 5. The molecule has 1 amide bonds. The zero-order valence-corrected chi connectivity index (χ0v) is 12.8. The van der Waals surface area contributed by atoms with Crippen molar-refractivity contribution in [2.24, 2.45) is 11.7 Å². The van der Waals surface area contributed by atoms with Gasteiger partial charge < -0.3 is 10.6 Å². The Balaban J connectivity index is 1.75. The molecule has 0 unspecified atom stereocenters. The van der Waals surface area contributed by atoms with E-state index in [2.05, 4.69) is 15.3 Å². The number of hydrogen-bond donors (Lipinski definition) is 1. The van der Waals surface area contributed by atoms with Gasteiger partial charge in [-0.25, -0.2) is 4.39 Å². The van der Waals surface area contributed by atoms with Crippen molar-refractivity contribution in [1.29, 1.82) is 0 Å². The van der Waals surface area contributed by atoms with Gasteiger partial charge in [-0.3, -0.25) is 4.79 Å². The Hall–Kier alpha value is -3.03. The molecule has 3 aromatic rings. The quantitative estimate of drug-likeness (QED) is 0.782. The van der Waals surface area contributed by atoms with E-state index in [1.165, 1.54) is 10.6 Å². The van der Waals surface area contributed by atoms with Gasteiger partial charge in [-0.15, -0.1) is 15.3 Å². The molecule has 1 aromatic carbocycles. The summed E-state index contributed by atoms with van der Waals surface area (Å²) in [6, 6.07) is 9.96. The minimum Gasteiger partial charge on any atom is -0.369 e. The third-order valence-corrected chi connectivity index (χ3v) is 4.28. The van der Waals surface area contributed by atoms with Crippen LogP contribution in [0.1, 0.15) is 6.42 Å². The maximum atomic E-state index is 14.1. The molecule has 8 heteroatoms. The summed E-state index contributed by atoms with van der Waals surface area (Å²) < 4.78 is 15.6. The lowest BCUT2D eigenvalue weighted by Gasteiger charge is -2.16. The molecule has 0 radical (unpaired) electrons. The van der Waals surface area contributed by atoms with E-state index < -0.39 is 0 Å². The van der Waals surface area contributed by atoms with E-state index >= 15 is 0 Å². The Morgan fingerprint density at radius 2 is 2.04 bits per heavy atom. The van der Waals surface area contributed by atoms with Crippen molar-refractivity contribution in [3.8, 4) is 11.4 Å². The second-order valence-electron chi connectivity index (χ2n) is 5.80. The first-order chi connectivity index (χ1) is 11.6. The van der Waals surface area contributed by atoms with Crippen molar-refractivity contribution in [1.82, 2.24) is 19.8 Å². The summed E-state index contributed by atoms with van der Waals surface area (Å²) in [6.45, 7) is 1.23. The molecule has 1 atom stereocenters. The Morgan fingerprint density at radius 3 is 2.79 bits per heavy atom. The van der Waals surface area contributed by atoms with Gasteiger partial charge in [0.25, 0.3) is 0 Å². The number of carbonyl (C=O) groups excluding carboxylic acids is 1. The number of fused-ring (bicyclic) bond motifs is 1. The molecule has 24 heavy (non-hydrogen) atoms. The van der Waals surface area contributed by atoms with Crippen LogP contribution >= 0.6 is 0 Å². The van der Waals surface area contributed by atoms with E-state index in [-0.39, 0.29) is 17.6 Å². The Morgan fingerprint density at radius 1 is 1.21 bits per heavy atom. The lowest BCUT2D eigenvalue weighted by molar-refractivity contribution is -0.121. The minimum atomic E-state index is -0.381. The topological polar surface area (TPSA) is 89.4 Å². The van der Waals surface area contributed by atoms with Crippen LogP contribution in [0.15, 0.2) is 36.4 Å². The van der Waals surface area contributed by atoms with Crippen molar-refractivity contribution < 1.29 is 9.18 Å². The number of rotatable bonds is 3. The number of aromatic nitrogens is 4. The number of nitrogens with two attached hydrogens (primary N) is 1. The highest BCUT2D eigenvalue weighted by Gasteiger charge is 2.28. The first kappa shape index (κ1) is 14.6. The van der Waals surface area contributed by atoms with Gasteiger partial charge >= 0.3 is 0 Å². The highest BCUT2D eigenvalue weighted by Crippen LogP contribution is 2.25. The maximum Gasteiger partial charge on any atom is 0.222 e. The van der Waals surface area contributed by atoms with Crippen molar-refractivity contribution in [3.63, 3.8) is 0 Å². The van der Waals surface area contributed by atoms with Gasteiger partial charge in [0.05, 0.1) is 11.5 Å². The first-order valence-electron chi connectivity index (χ1n) is 7.65. The highest BCUT2D eigenvalue weighted by molar-refractivity contribution is 5.78. The van der Waals surface area contributed by atoms with Gasteiger partial charge in [0.15, 0.2) is 11.5 Å². The molecule has 3 heterocycles. The summed E-state index contributed by atoms with van der Waals surface area (Å²) >= 11 is 0. The van der Waals surface area contributed by atoms with Gasteiger partial charge in [-0.05, 0) is 30.7 Å². The van der Waals surface area contributed by atoms with Gasteiger partial charge in [0, 0.05) is 13.1 Å². The smallest absolute Gasteiger partial charge is 0.222 e. The van der Waals surface area contributed by atoms with Crippen LogP contribution in [0.2, 0.25) is 0 Å². The Labute approximate surface area is 136 Å². The third kappa shape index (κ3) is 2.36. The second kappa shape index (κ2) is 5.55. The van der Waals surface area contributed by atoms with Gasteiger partial charge in [0.1, 0.15) is 11.6 Å². The molecule has 1 aliphatic rings. The lowest BCUT2D eigenvalue weighted by atomic mass is 10.1. The zero-order chi connectivity index (χ0) is 16.7. The fourth-order valence-corrected chi connectivity index (χ4v) is 2.96.